The lowest BCUT2D eigenvalue weighted by molar-refractivity contribution is 0.0539. The van der Waals surface area contributed by atoms with Gasteiger partial charge in [-0.1, -0.05) is 12.1 Å². The van der Waals surface area contributed by atoms with Crippen molar-refractivity contribution in [1.29, 1.82) is 0 Å². The lowest BCUT2D eigenvalue weighted by atomic mass is 10.1. The zero-order valence-corrected chi connectivity index (χ0v) is 10.4. The predicted octanol–water partition coefficient (Wildman–Crippen LogP) is 2.01. The summed E-state index contributed by atoms with van der Waals surface area (Å²) in [6.07, 6.45) is 0.489. The van der Waals surface area contributed by atoms with E-state index in [4.69, 9.17) is 4.74 Å². The van der Waals surface area contributed by atoms with E-state index in [2.05, 4.69) is 4.74 Å². The summed E-state index contributed by atoms with van der Waals surface area (Å²) in [4.78, 5) is 11.4. The van der Waals surface area contributed by atoms with Gasteiger partial charge >= 0.3 is 5.97 Å². The largest absolute Gasteiger partial charge is 0.493 e. The molecule has 1 rings (SSSR count). The van der Waals surface area contributed by atoms with Crippen LogP contribution in [-0.4, -0.2) is 30.4 Å². The van der Waals surface area contributed by atoms with E-state index < -0.39 is 11.6 Å². The first-order valence-electron chi connectivity index (χ1n) is 5.46. The van der Waals surface area contributed by atoms with Gasteiger partial charge in [0.2, 0.25) is 0 Å². The lowest BCUT2D eigenvalue weighted by Gasteiger charge is -2.17. The van der Waals surface area contributed by atoms with Gasteiger partial charge in [0.25, 0.3) is 0 Å². The lowest BCUT2D eigenvalue weighted by Crippen LogP contribution is -2.22. The minimum Gasteiger partial charge on any atom is -0.493 e. The molecule has 0 heterocycles. The number of carbonyl (C=O) groups is 1. The molecule has 1 N–H and O–H groups in total. The van der Waals surface area contributed by atoms with Crippen molar-refractivity contribution in [1.82, 2.24) is 0 Å². The maximum absolute atomic E-state index is 11.4. The number of aliphatic hydroxyl groups is 1. The number of esters is 1. The summed E-state index contributed by atoms with van der Waals surface area (Å²) < 4.78 is 10.1. The molecule has 0 bridgehead atoms. The molecule has 0 spiro atoms. The van der Waals surface area contributed by atoms with Crippen molar-refractivity contribution in [2.45, 2.75) is 25.9 Å². The molecule has 1 aromatic carbocycles. The standard InChI is InChI=1S/C13H18O4/c1-13(2,15)8-9-17-11-7-5-4-6-10(11)12(14)16-3/h4-7,15H,8-9H2,1-3H3. The molecule has 0 aliphatic rings. The fraction of sp³-hybridized carbons (Fsp3) is 0.462. The molecule has 0 atom stereocenters. The monoisotopic (exact) mass is 238 g/mol. The third-order valence-electron chi connectivity index (χ3n) is 2.26. The summed E-state index contributed by atoms with van der Waals surface area (Å²) in [6, 6.07) is 6.88. The van der Waals surface area contributed by atoms with Crippen molar-refractivity contribution in [2.75, 3.05) is 13.7 Å². The van der Waals surface area contributed by atoms with Crippen molar-refractivity contribution >= 4 is 5.97 Å². The van der Waals surface area contributed by atoms with Crippen molar-refractivity contribution in [3.05, 3.63) is 29.8 Å². The zero-order chi connectivity index (χ0) is 12.9. The van der Waals surface area contributed by atoms with Crippen molar-refractivity contribution in [3.8, 4) is 5.75 Å². The first-order chi connectivity index (χ1) is 7.94. The van der Waals surface area contributed by atoms with Crippen LogP contribution in [0, 0.1) is 0 Å². The van der Waals surface area contributed by atoms with Crippen molar-refractivity contribution < 1.29 is 19.4 Å². The fourth-order valence-electron chi connectivity index (χ4n) is 1.28. The van der Waals surface area contributed by atoms with Gasteiger partial charge in [-0.05, 0) is 26.0 Å². The van der Waals surface area contributed by atoms with Gasteiger partial charge in [0, 0.05) is 6.42 Å². The van der Waals surface area contributed by atoms with E-state index in [0.29, 0.717) is 24.3 Å². The average molecular weight is 238 g/mol. The zero-order valence-electron chi connectivity index (χ0n) is 10.4. The number of benzene rings is 1. The highest BCUT2D eigenvalue weighted by Crippen LogP contribution is 2.19. The van der Waals surface area contributed by atoms with Gasteiger partial charge in [0.05, 0.1) is 19.3 Å². The van der Waals surface area contributed by atoms with Crippen LogP contribution in [-0.2, 0) is 4.74 Å². The fourth-order valence-corrected chi connectivity index (χ4v) is 1.28. The first-order valence-corrected chi connectivity index (χ1v) is 5.46. The van der Waals surface area contributed by atoms with Crippen LogP contribution in [0.3, 0.4) is 0 Å². The number of rotatable bonds is 5. The molecule has 0 aromatic heterocycles. The van der Waals surface area contributed by atoms with Crippen LogP contribution in [0.25, 0.3) is 0 Å². The molecule has 0 fully saturated rings. The molecule has 0 amide bonds. The smallest absolute Gasteiger partial charge is 0.341 e. The summed E-state index contributed by atoms with van der Waals surface area (Å²) in [7, 11) is 1.33. The normalized spacial score (nSPS) is 11.1. The molecular formula is C13H18O4. The van der Waals surface area contributed by atoms with Gasteiger partial charge in [-0.2, -0.15) is 0 Å². The summed E-state index contributed by atoms with van der Waals surface area (Å²) >= 11 is 0. The second kappa shape index (κ2) is 5.68. The van der Waals surface area contributed by atoms with E-state index >= 15 is 0 Å². The van der Waals surface area contributed by atoms with Crippen molar-refractivity contribution in [2.24, 2.45) is 0 Å². The highest BCUT2D eigenvalue weighted by atomic mass is 16.5. The van der Waals surface area contributed by atoms with Crippen LogP contribution in [0.1, 0.15) is 30.6 Å². The third kappa shape index (κ3) is 4.44. The Labute approximate surface area is 101 Å². The Hall–Kier alpha value is -1.55. The van der Waals surface area contributed by atoms with Crippen LogP contribution in [0.2, 0.25) is 0 Å². The first kappa shape index (κ1) is 13.5. The van der Waals surface area contributed by atoms with Crippen LogP contribution in [0.5, 0.6) is 5.75 Å². The minimum absolute atomic E-state index is 0.345. The molecule has 0 saturated heterocycles. The van der Waals surface area contributed by atoms with E-state index in [-0.39, 0.29) is 0 Å². The van der Waals surface area contributed by atoms with E-state index in [1.807, 2.05) is 0 Å². The van der Waals surface area contributed by atoms with Crippen LogP contribution in [0.4, 0.5) is 0 Å². The maximum atomic E-state index is 11.4. The molecule has 1 aromatic rings. The summed E-state index contributed by atoms with van der Waals surface area (Å²) in [5.41, 5.74) is -0.383. The molecular weight excluding hydrogens is 220 g/mol. The highest BCUT2D eigenvalue weighted by Gasteiger charge is 2.15. The van der Waals surface area contributed by atoms with E-state index in [9.17, 15) is 9.90 Å². The van der Waals surface area contributed by atoms with E-state index in [1.54, 1.807) is 38.1 Å². The molecule has 4 nitrogen and oxygen atoms in total. The van der Waals surface area contributed by atoms with Crippen LogP contribution >= 0.6 is 0 Å². The molecule has 0 saturated carbocycles. The Kier molecular flexibility index (Phi) is 4.52. The molecule has 0 radical (unpaired) electrons. The quantitative estimate of drug-likeness (QED) is 0.797. The number of hydrogen-bond donors (Lipinski definition) is 1. The highest BCUT2D eigenvalue weighted by molar-refractivity contribution is 5.92. The number of hydrogen-bond acceptors (Lipinski definition) is 4. The Morgan fingerprint density at radius 2 is 2.00 bits per heavy atom. The topological polar surface area (TPSA) is 55.8 Å². The second-order valence-corrected chi connectivity index (χ2v) is 4.40. The number of ether oxygens (including phenoxy) is 2. The maximum Gasteiger partial charge on any atom is 0.341 e. The molecule has 0 unspecified atom stereocenters. The van der Waals surface area contributed by atoms with Gasteiger partial charge in [-0.15, -0.1) is 0 Å². The summed E-state index contributed by atoms with van der Waals surface area (Å²) in [6.45, 7) is 3.77. The number of para-hydroxylation sites is 1. The van der Waals surface area contributed by atoms with Crippen LogP contribution in [0.15, 0.2) is 24.3 Å². The van der Waals surface area contributed by atoms with Crippen molar-refractivity contribution in [3.63, 3.8) is 0 Å². The predicted molar refractivity (Wildman–Crippen MR) is 64.2 cm³/mol. The second-order valence-electron chi connectivity index (χ2n) is 4.40. The summed E-state index contributed by atoms with van der Waals surface area (Å²) in [5, 5.41) is 9.55. The van der Waals surface area contributed by atoms with Gasteiger partial charge in [-0.3, -0.25) is 0 Å². The number of carbonyl (C=O) groups excluding carboxylic acids is 1. The Morgan fingerprint density at radius 1 is 1.35 bits per heavy atom. The Bertz CT molecular complexity index is 379. The average Bonchev–Trinajstić information content (AvgIpc) is 2.27. The van der Waals surface area contributed by atoms with Gasteiger partial charge < -0.3 is 14.6 Å². The van der Waals surface area contributed by atoms with E-state index in [1.165, 1.54) is 7.11 Å². The van der Waals surface area contributed by atoms with E-state index in [0.717, 1.165) is 0 Å². The molecule has 4 heteroatoms. The van der Waals surface area contributed by atoms with Crippen LogP contribution < -0.4 is 4.74 Å². The molecule has 0 aliphatic heterocycles. The molecule has 94 valence electrons. The summed E-state index contributed by atoms with van der Waals surface area (Å²) in [5.74, 6) is 0.0486. The SMILES string of the molecule is COC(=O)c1ccccc1OCCC(C)(C)O. The third-order valence-corrected chi connectivity index (χ3v) is 2.26. The Balaban J connectivity index is 2.68. The Morgan fingerprint density at radius 3 is 2.59 bits per heavy atom. The number of methoxy groups -OCH3 is 1. The minimum atomic E-state index is -0.778. The molecule has 0 aliphatic carbocycles. The molecule has 17 heavy (non-hydrogen) atoms. The van der Waals surface area contributed by atoms with Gasteiger partial charge in [-0.25, -0.2) is 4.79 Å². The van der Waals surface area contributed by atoms with Gasteiger partial charge in [0.15, 0.2) is 0 Å². The van der Waals surface area contributed by atoms with Gasteiger partial charge in [0.1, 0.15) is 11.3 Å².